The Balaban J connectivity index is 2.87. The molecule has 2 nitrogen and oxygen atoms in total. The van der Waals surface area contributed by atoms with Gasteiger partial charge in [-0.2, -0.15) is 0 Å². The van der Waals surface area contributed by atoms with Crippen molar-refractivity contribution in [1.82, 2.24) is 0 Å². The lowest BCUT2D eigenvalue weighted by molar-refractivity contribution is 0.400. The van der Waals surface area contributed by atoms with Gasteiger partial charge >= 0.3 is 0 Å². The van der Waals surface area contributed by atoms with E-state index in [1.165, 1.54) is 0 Å². The van der Waals surface area contributed by atoms with Crippen molar-refractivity contribution in [1.29, 1.82) is 0 Å². The summed E-state index contributed by atoms with van der Waals surface area (Å²) < 4.78 is 0. The van der Waals surface area contributed by atoms with Crippen LogP contribution in [0.15, 0.2) is 30.8 Å². The van der Waals surface area contributed by atoms with Crippen LogP contribution in [0.25, 0.3) is 17.2 Å². The Labute approximate surface area is 126 Å². The highest BCUT2D eigenvalue weighted by Gasteiger charge is 2.21. The van der Waals surface area contributed by atoms with Gasteiger partial charge in [0.15, 0.2) is 11.5 Å². The SMILES string of the molecule is C=Cc1c(C)c(-c2ccccc2CC)c(O)c(O)c1CC. The first-order chi connectivity index (χ1) is 10.1. The second-order valence-corrected chi connectivity index (χ2v) is 5.16. The monoisotopic (exact) mass is 282 g/mol. The van der Waals surface area contributed by atoms with Crippen LogP contribution in [-0.4, -0.2) is 10.2 Å². The van der Waals surface area contributed by atoms with Gasteiger partial charge in [0, 0.05) is 11.1 Å². The molecule has 0 unspecified atom stereocenters. The number of rotatable bonds is 4. The average Bonchev–Trinajstić information content (AvgIpc) is 2.51. The zero-order valence-corrected chi connectivity index (χ0v) is 12.9. The van der Waals surface area contributed by atoms with E-state index < -0.39 is 0 Å². The van der Waals surface area contributed by atoms with E-state index in [0.717, 1.165) is 34.2 Å². The first kappa shape index (κ1) is 15.2. The molecule has 2 aromatic rings. The molecule has 0 aliphatic heterocycles. The Kier molecular flexibility index (Phi) is 4.37. The standard InChI is InChI=1S/C19H22O2/c1-5-13-10-8-9-11-16(13)17-12(4)14(6-2)15(7-3)18(20)19(17)21/h6,8-11,20-21H,2,5,7H2,1,3-4H3. The molecule has 2 aromatic carbocycles. The van der Waals surface area contributed by atoms with E-state index in [4.69, 9.17) is 0 Å². The van der Waals surface area contributed by atoms with E-state index >= 15 is 0 Å². The van der Waals surface area contributed by atoms with Crippen LogP contribution in [0.5, 0.6) is 11.5 Å². The van der Waals surface area contributed by atoms with Crippen LogP contribution in [0.3, 0.4) is 0 Å². The predicted molar refractivity (Wildman–Crippen MR) is 88.8 cm³/mol. The second-order valence-electron chi connectivity index (χ2n) is 5.16. The Bertz CT molecular complexity index is 684. The molecule has 0 aliphatic carbocycles. The van der Waals surface area contributed by atoms with Gasteiger partial charge in [-0.25, -0.2) is 0 Å². The molecule has 0 aliphatic rings. The molecule has 2 rings (SSSR count). The first-order valence-corrected chi connectivity index (χ1v) is 7.34. The zero-order chi connectivity index (χ0) is 15.6. The first-order valence-electron chi connectivity index (χ1n) is 7.34. The number of aryl methyl sites for hydroxylation is 1. The Morgan fingerprint density at radius 2 is 1.71 bits per heavy atom. The van der Waals surface area contributed by atoms with Gasteiger partial charge in [0.1, 0.15) is 0 Å². The third kappa shape index (κ3) is 2.42. The lowest BCUT2D eigenvalue weighted by Gasteiger charge is -2.19. The van der Waals surface area contributed by atoms with Crippen molar-refractivity contribution in [3.8, 4) is 22.6 Å². The molecule has 0 bridgehead atoms. The van der Waals surface area contributed by atoms with Crippen molar-refractivity contribution < 1.29 is 10.2 Å². The molecule has 0 fully saturated rings. The van der Waals surface area contributed by atoms with E-state index in [-0.39, 0.29) is 11.5 Å². The van der Waals surface area contributed by atoms with Crippen molar-refractivity contribution in [2.24, 2.45) is 0 Å². The molecular weight excluding hydrogens is 260 g/mol. The minimum Gasteiger partial charge on any atom is -0.504 e. The fraction of sp³-hybridized carbons (Fsp3) is 0.263. The van der Waals surface area contributed by atoms with Crippen LogP contribution in [0.1, 0.15) is 36.1 Å². The summed E-state index contributed by atoms with van der Waals surface area (Å²) in [6.45, 7) is 9.87. The van der Waals surface area contributed by atoms with Crippen LogP contribution < -0.4 is 0 Å². The number of hydrogen-bond donors (Lipinski definition) is 2. The second kappa shape index (κ2) is 6.04. The summed E-state index contributed by atoms with van der Waals surface area (Å²) in [6.07, 6.45) is 3.28. The maximum absolute atomic E-state index is 10.5. The average molecular weight is 282 g/mol. The highest BCUT2D eigenvalue weighted by atomic mass is 16.3. The molecule has 0 radical (unpaired) electrons. The minimum atomic E-state index is -0.0316. The lowest BCUT2D eigenvalue weighted by atomic mass is 9.87. The number of aromatic hydroxyl groups is 2. The van der Waals surface area contributed by atoms with Gasteiger partial charge in [0.2, 0.25) is 0 Å². The third-order valence-corrected chi connectivity index (χ3v) is 4.08. The highest BCUT2D eigenvalue weighted by Crippen LogP contribution is 2.45. The number of phenolic OH excluding ortho intramolecular Hbond substituents is 2. The molecule has 110 valence electrons. The molecule has 0 spiro atoms. The highest BCUT2D eigenvalue weighted by molar-refractivity contribution is 5.84. The summed E-state index contributed by atoms with van der Waals surface area (Å²) in [5.41, 5.74) is 5.44. The Morgan fingerprint density at radius 1 is 1.05 bits per heavy atom. The van der Waals surface area contributed by atoms with Crippen LogP contribution in [0, 0.1) is 6.92 Å². The van der Waals surface area contributed by atoms with Crippen molar-refractivity contribution in [2.45, 2.75) is 33.6 Å². The quantitative estimate of drug-likeness (QED) is 0.788. The van der Waals surface area contributed by atoms with E-state index in [2.05, 4.69) is 13.5 Å². The van der Waals surface area contributed by atoms with E-state index in [1.807, 2.05) is 38.1 Å². The van der Waals surface area contributed by atoms with Crippen molar-refractivity contribution in [2.75, 3.05) is 0 Å². The summed E-state index contributed by atoms with van der Waals surface area (Å²) in [4.78, 5) is 0. The summed E-state index contributed by atoms with van der Waals surface area (Å²) >= 11 is 0. The van der Waals surface area contributed by atoms with Crippen LogP contribution in [0.4, 0.5) is 0 Å². The van der Waals surface area contributed by atoms with Crippen molar-refractivity contribution in [3.63, 3.8) is 0 Å². The maximum Gasteiger partial charge on any atom is 0.166 e. The Morgan fingerprint density at radius 3 is 2.29 bits per heavy atom. The molecule has 0 heterocycles. The van der Waals surface area contributed by atoms with Gasteiger partial charge in [-0.3, -0.25) is 0 Å². The number of phenols is 2. The summed E-state index contributed by atoms with van der Waals surface area (Å²) in [6, 6.07) is 7.97. The lowest BCUT2D eigenvalue weighted by Crippen LogP contribution is -1.98. The molecule has 0 amide bonds. The molecule has 0 atom stereocenters. The van der Waals surface area contributed by atoms with E-state index in [0.29, 0.717) is 12.0 Å². The zero-order valence-electron chi connectivity index (χ0n) is 12.9. The summed E-state index contributed by atoms with van der Waals surface area (Å²) in [5.74, 6) is -0.0604. The molecular formula is C19H22O2. The number of benzene rings is 2. The third-order valence-electron chi connectivity index (χ3n) is 4.08. The van der Waals surface area contributed by atoms with Gasteiger partial charge in [-0.15, -0.1) is 0 Å². The van der Waals surface area contributed by atoms with Gasteiger partial charge in [-0.1, -0.05) is 50.8 Å². The smallest absolute Gasteiger partial charge is 0.166 e. The van der Waals surface area contributed by atoms with E-state index in [9.17, 15) is 10.2 Å². The van der Waals surface area contributed by atoms with Crippen LogP contribution in [-0.2, 0) is 12.8 Å². The molecule has 2 N–H and O–H groups in total. The normalized spacial score (nSPS) is 10.6. The van der Waals surface area contributed by atoms with Gasteiger partial charge in [0.25, 0.3) is 0 Å². The molecule has 21 heavy (non-hydrogen) atoms. The molecule has 0 aromatic heterocycles. The largest absolute Gasteiger partial charge is 0.504 e. The Hall–Kier alpha value is -2.22. The fourth-order valence-electron chi connectivity index (χ4n) is 2.96. The minimum absolute atomic E-state index is 0.0288. The fourth-order valence-corrected chi connectivity index (χ4v) is 2.96. The van der Waals surface area contributed by atoms with Gasteiger partial charge in [0.05, 0.1) is 0 Å². The van der Waals surface area contributed by atoms with Crippen LogP contribution in [0.2, 0.25) is 0 Å². The van der Waals surface area contributed by atoms with Crippen LogP contribution >= 0.6 is 0 Å². The van der Waals surface area contributed by atoms with Gasteiger partial charge in [-0.05, 0) is 42.0 Å². The van der Waals surface area contributed by atoms with Crippen molar-refractivity contribution >= 4 is 6.08 Å². The summed E-state index contributed by atoms with van der Waals surface area (Å²) in [7, 11) is 0. The topological polar surface area (TPSA) is 40.5 Å². The molecule has 2 heteroatoms. The number of hydrogen-bond acceptors (Lipinski definition) is 2. The predicted octanol–water partition coefficient (Wildman–Crippen LogP) is 4.84. The molecule has 0 saturated heterocycles. The summed E-state index contributed by atoms with van der Waals surface area (Å²) in [5, 5.41) is 20.8. The maximum atomic E-state index is 10.5. The van der Waals surface area contributed by atoms with Gasteiger partial charge < -0.3 is 10.2 Å². The van der Waals surface area contributed by atoms with E-state index in [1.54, 1.807) is 6.08 Å². The van der Waals surface area contributed by atoms with Crippen molar-refractivity contribution in [3.05, 3.63) is 53.1 Å². The molecule has 0 saturated carbocycles.